The quantitative estimate of drug-likeness (QED) is 0.744. The van der Waals surface area contributed by atoms with E-state index in [0.29, 0.717) is 12.0 Å². The Morgan fingerprint density at radius 2 is 1.72 bits per heavy atom. The maximum absolute atomic E-state index is 9.29. The first-order valence-electron chi connectivity index (χ1n) is 6.62. The third-order valence-corrected chi connectivity index (χ3v) is 3.96. The van der Waals surface area contributed by atoms with Gasteiger partial charge in [0.15, 0.2) is 0 Å². The average molecular weight is 267 g/mol. The Morgan fingerprint density at radius 3 is 2.17 bits per heavy atom. The van der Waals surface area contributed by atoms with Gasteiger partial charge in [0.2, 0.25) is 0 Å². The van der Waals surface area contributed by atoms with Crippen molar-refractivity contribution in [3.63, 3.8) is 0 Å². The van der Waals surface area contributed by atoms with Gasteiger partial charge >= 0.3 is 0 Å². The largest absolute Gasteiger partial charge is 0.395 e. The smallest absolute Gasteiger partial charge is 0.0592 e. The van der Waals surface area contributed by atoms with Gasteiger partial charge in [0.05, 0.1) is 6.61 Å². The summed E-state index contributed by atoms with van der Waals surface area (Å²) in [6.45, 7) is 8.80. The molecule has 0 amide bonds. The minimum atomic E-state index is 0.166. The van der Waals surface area contributed by atoms with E-state index in [1.165, 1.54) is 10.5 Å². The zero-order valence-corrected chi connectivity index (χ0v) is 12.6. The second kappa shape index (κ2) is 7.82. The minimum Gasteiger partial charge on any atom is -0.395 e. The van der Waals surface area contributed by atoms with Crippen LogP contribution >= 0.6 is 11.8 Å². The van der Waals surface area contributed by atoms with Crippen molar-refractivity contribution in [2.24, 2.45) is 0 Å². The molecule has 3 heteroatoms. The normalized spacial score (nSPS) is 13.3. The second-order valence-corrected chi connectivity index (χ2v) is 6.33. The standard InChI is InChI=1S/C15H25NOS/c1-11(2)13-5-7-15(8-6-13)18-10-14(9-17)16-12(3)4/h5-8,11-12,14,16-17H,9-10H2,1-4H3. The molecule has 0 aromatic heterocycles. The Hall–Kier alpha value is -0.510. The number of hydrogen-bond acceptors (Lipinski definition) is 3. The Bertz CT molecular complexity index is 335. The van der Waals surface area contributed by atoms with Gasteiger partial charge in [0, 0.05) is 22.7 Å². The highest BCUT2D eigenvalue weighted by Gasteiger charge is 2.09. The molecule has 0 saturated carbocycles. The predicted octanol–water partition coefficient (Wildman–Crippen LogP) is 3.26. The molecule has 1 unspecified atom stereocenters. The maximum atomic E-state index is 9.29. The summed E-state index contributed by atoms with van der Waals surface area (Å²) in [6, 6.07) is 9.30. The van der Waals surface area contributed by atoms with Crippen LogP contribution in [0, 0.1) is 0 Å². The molecule has 2 nitrogen and oxygen atoms in total. The van der Waals surface area contributed by atoms with Crippen LogP contribution in [-0.4, -0.2) is 29.5 Å². The Balaban J connectivity index is 2.47. The third kappa shape index (κ3) is 5.42. The van der Waals surface area contributed by atoms with Gasteiger partial charge in [-0.2, -0.15) is 0 Å². The fourth-order valence-corrected chi connectivity index (χ4v) is 2.69. The van der Waals surface area contributed by atoms with Crippen molar-refractivity contribution in [1.82, 2.24) is 5.32 Å². The van der Waals surface area contributed by atoms with Crippen molar-refractivity contribution in [2.75, 3.05) is 12.4 Å². The van der Waals surface area contributed by atoms with Gasteiger partial charge in [-0.25, -0.2) is 0 Å². The van der Waals surface area contributed by atoms with Gasteiger partial charge in [-0.1, -0.05) is 39.8 Å². The molecule has 102 valence electrons. The lowest BCUT2D eigenvalue weighted by Crippen LogP contribution is -2.39. The first-order valence-corrected chi connectivity index (χ1v) is 7.61. The zero-order valence-electron chi connectivity index (χ0n) is 11.8. The van der Waals surface area contributed by atoms with Crippen molar-refractivity contribution in [1.29, 1.82) is 0 Å². The number of rotatable bonds is 7. The van der Waals surface area contributed by atoms with Gasteiger partial charge in [-0.15, -0.1) is 11.8 Å². The molecule has 1 aromatic rings. The van der Waals surface area contributed by atoms with Crippen molar-refractivity contribution < 1.29 is 5.11 Å². The number of benzene rings is 1. The number of nitrogens with one attached hydrogen (secondary N) is 1. The van der Waals surface area contributed by atoms with E-state index in [0.717, 1.165) is 5.75 Å². The van der Waals surface area contributed by atoms with Crippen LogP contribution in [0.15, 0.2) is 29.2 Å². The van der Waals surface area contributed by atoms with Crippen molar-refractivity contribution >= 4 is 11.8 Å². The van der Waals surface area contributed by atoms with Crippen LogP contribution in [0.4, 0.5) is 0 Å². The van der Waals surface area contributed by atoms with Crippen LogP contribution in [0.1, 0.15) is 39.2 Å². The molecule has 0 spiro atoms. The van der Waals surface area contributed by atoms with Crippen molar-refractivity contribution in [3.05, 3.63) is 29.8 Å². The summed E-state index contributed by atoms with van der Waals surface area (Å²) in [4.78, 5) is 1.27. The van der Waals surface area contributed by atoms with Gasteiger partial charge in [0.1, 0.15) is 0 Å². The number of aliphatic hydroxyl groups excluding tert-OH is 1. The van der Waals surface area contributed by atoms with E-state index >= 15 is 0 Å². The summed E-state index contributed by atoms with van der Waals surface area (Å²) in [5, 5.41) is 12.7. The molecule has 1 aromatic carbocycles. The topological polar surface area (TPSA) is 32.3 Å². The molecule has 0 heterocycles. The maximum Gasteiger partial charge on any atom is 0.0592 e. The van der Waals surface area contributed by atoms with Gasteiger partial charge in [-0.3, -0.25) is 0 Å². The van der Waals surface area contributed by atoms with E-state index in [4.69, 9.17) is 0 Å². The first-order chi connectivity index (χ1) is 8.52. The molecule has 1 atom stereocenters. The molecule has 0 fully saturated rings. The lowest BCUT2D eigenvalue weighted by Gasteiger charge is -2.18. The Labute approximate surface area is 115 Å². The molecule has 0 aliphatic heterocycles. The summed E-state index contributed by atoms with van der Waals surface area (Å²) >= 11 is 1.79. The zero-order chi connectivity index (χ0) is 13.5. The second-order valence-electron chi connectivity index (χ2n) is 5.24. The van der Waals surface area contributed by atoms with Crippen LogP contribution in [0.3, 0.4) is 0 Å². The molecule has 0 bridgehead atoms. The predicted molar refractivity (Wildman–Crippen MR) is 80.4 cm³/mol. The first kappa shape index (κ1) is 15.5. The number of thioether (sulfide) groups is 1. The van der Waals surface area contributed by atoms with Gasteiger partial charge in [-0.05, 0) is 23.6 Å². The highest BCUT2D eigenvalue weighted by atomic mass is 32.2. The molecule has 18 heavy (non-hydrogen) atoms. The summed E-state index contributed by atoms with van der Waals surface area (Å²) in [7, 11) is 0. The van der Waals surface area contributed by atoms with Gasteiger partial charge in [0.25, 0.3) is 0 Å². The van der Waals surface area contributed by atoms with E-state index in [9.17, 15) is 5.11 Å². The molecular formula is C15H25NOS. The van der Waals surface area contributed by atoms with Gasteiger partial charge < -0.3 is 10.4 Å². The fraction of sp³-hybridized carbons (Fsp3) is 0.600. The lowest BCUT2D eigenvalue weighted by atomic mass is 10.0. The Kier molecular flexibility index (Phi) is 6.76. The number of hydrogen-bond donors (Lipinski definition) is 2. The van der Waals surface area contributed by atoms with Crippen molar-refractivity contribution in [3.8, 4) is 0 Å². The summed E-state index contributed by atoms with van der Waals surface area (Å²) in [5.74, 6) is 1.48. The van der Waals surface area contributed by atoms with E-state index in [-0.39, 0.29) is 12.6 Å². The highest BCUT2D eigenvalue weighted by Crippen LogP contribution is 2.22. The summed E-state index contributed by atoms with van der Waals surface area (Å²) in [6.07, 6.45) is 0. The monoisotopic (exact) mass is 267 g/mol. The molecule has 0 aliphatic carbocycles. The molecule has 1 rings (SSSR count). The molecular weight excluding hydrogens is 242 g/mol. The van der Waals surface area contributed by atoms with E-state index < -0.39 is 0 Å². The molecule has 0 aliphatic rings. The molecule has 0 radical (unpaired) electrons. The molecule has 2 N–H and O–H groups in total. The minimum absolute atomic E-state index is 0.166. The van der Waals surface area contributed by atoms with Crippen molar-refractivity contribution in [2.45, 2.75) is 50.6 Å². The van der Waals surface area contributed by atoms with Crippen LogP contribution in [-0.2, 0) is 0 Å². The SMILES string of the molecule is CC(C)NC(CO)CSc1ccc(C(C)C)cc1. The Morgan fingerprint density at radius 1 is 1.11 bits per heavy atom. The lowest BCUT2D eigenvalue weighted by molar-refractivity contribution is 0.247. The van der Waals surface area contributed by atoms with E-state index in [2.05, 4.69) is 57.3 Å². The summed E-state index contributed by atoms with van der Waals surface area (Å²) < 4.78 is 0. The average Bonchev–Trinajstić information content (AvgIpc) is 2.34. The fourth-order valence-electron chi connectivity index (χ4n) is 1.77. The van der Waals surface area contributed by atoms with Crippen LogP contribution in [0.5, 0.6) is 0 Å². The third-order valence-electron chi connectivity index (χ3n) is 2.79. The van der Waals surface area contributed by atoms with Crippen LogP contribution in [0.25, 0.3) is 0 Å². The van der Waals surface area contributed by atoms with E-state index in [1.807, 2.05) is 0 Å². The van der Waals surface area contributed by atoms with Crippen LogP contribution < -0.4 is 5.32 Å². The van der Waals surface area contributed by atoms with Crippen LogP contribution in [0.2, 0.25) is 0 Å². The van der Waals surface area contributed by atoms with E-state index in [1.54, 1.807) is 11.8 Å². The highest BCUT2D eigenvalue weighted by molar-refractivity contribution is 7.99. The molecule has 0 saturated heterocycles. The number of aliphatic hydroxyl groups is 1. The summed E-state index contributed by atoms with van der Waals surface area (Å²) in [5.41, 5.74) is 1.37.